The van der Waals surface area contributed by atoms with E-state index >= 15 is 0 Å². The molecule has 12 rings (SSSR count). The number of rotatable bonds is 13. The Labute approximate surface area is 777 Å². The summed E-state index contributed by atoms with van der Waals surface area (Å²) >= 11 is 21.1. The van der Waals surface area contributed by atoms with Gasteiger partial charge in [-0.1, -0.05) is 347 Å². The molecule has 593 valence electrons. The average Bonchev–Trinajstić information content (AvgIpc) is 0.747. The number of nitrogens with one attached hydrogen (secondary N) is 1. The quantitative estimate of drug-likeness (QED) is 0.116. The van der Waals surface area contributed by atoms with E-state index in [9.17, 15) is 0 Å². The minimum Gasteiger partial charge on any atom is -1.00 e. The molecule has 0 aliphatic heterocycles. The summed E-state index contributed by atoms with van der Waals surface area (Å²) in [4.78, 5) is 6.88. The first kappa shape index (κ1) is 93.9. The van der Waals surface area contributed by atoms with Gasteiger partial charge < -0.3 is 21.4 Å². The molecule has 0 saturated carbocycles. The second-order valence-electron chi connectivity index (χ2n) is 38.9. The van der Waals surface area contributed by atoms with Gasteiger partial charge in [0.05, 0.1) is 37.8 Å². The first-order valence-corrected chi connectivity index (χ1v) is 41.2. The van der Waals surface area contributed by atoms with Crippen molar-refractivity contribution < 1.29 is 85.5 Å². The van der Waals surface area contributed by atoms with Crippen LogP contribution in [0, 0.1) is 13.8 Å². The number of hydrogen-bond acceptors (Lipinski definition) is 4. The summed E-state index contributed by atoms with van der Waals surface area (Å²) in [6, 6.07) is 96.6. The van der Waals surface area contributed by atoms with Crippen molar-refractivity contribution in [2.45, 2.75) is 223 Å². The van der Waals surface area contributed by atoms with Gasteiger partial charge in [-0.2, -0.15) is 0 Å². The van der Waals surface area contributed by atoms with Crippen molar-refractivity contribution in [3.63, 3.8) is 0 Å². The molecule has 12 aromatic carbocycles. The summed E-state index contributed by atoms with van der Waals surface area (Å²) in [7, 11) is 0. The van der Waals surface area contributed by atoms with Gasteiger partial charge in [-0.05, 0) is 245 Å². The zero-order valence-corrected chi connectivity index (χ0v) is 82.2. The number of nitrogens with zero attached hydrogens (tertiary/aromatic N) is 3. The van der Waals surface area contributed by atoms with Crippen LogP contribution in [-0.2, 0) is 76.0 Å². The van der Waals surface area contributed by atoms with Crippen LogP contribution in [0.25, 0.3) is 22.3 Å². The van der Waals surface area contributed by atoms with Crippen LogP contribution in [0.2, 0.25) is 15.1 Å². The minimum absolute atomic E-state index is 0. The van der Waals surface area contributed by atoms with Crippen LogP contribution in [0.3, 0.4) is 0 Å². The number of halogens is 3. The van der Waals surface area contributed by atoms with Gasteiger partial charge >= 0.3 is 51.4 Å². The maximum absolute atomic E-state index is 7.93. The fourth-order valence-electron chi connectivity index (χ4n) is 14.0. The third-order valence-electron chi connectivity index (χ3n) is 21.2. The van der Waals surface area contributed by atoms with Crippen molar-refractivity contribution in [1.82, 2.24) is 0 Å². The molecule has 0 atom stereocenters. The molecular weight excluding hydrogens is 1560 g/mol. The smallest absolute Gasteiger partial charge is 1.00 e. The third kappa shape index (κ3) is 23.9. The third-order valence-corrected chi connectivity index (χ3v) is 22.3. The Balaban J connectivity index is 0.000000261. The van der Waals surface area contributed by atoms with E-state index in [0.29, 0.717) is 15.1 Å². The second-order valence-corrected chi connectivity index (χ2v) is 40.0. The standard InChI is InChI=1S/C53H61ClN2.C27H31Cl2N.C26H31N.K.Y.H/c1-36-32-47(55(42-27-22-38(23-28-42)50(2,3)4)43-29-24-39(25-30-43)51(5,6)7)49(54)48(33-36)56(44-21-17-20-40(34-44)52(8,9)10)46-31-26-41(53(11,12)13)35-45(46)37-18-15-14-16-19-37;1-18-16-23(28)25(29)24(17-18)30(21-12-8-19(9-13-21)26(2,3)4)22-14-10-20(11-15-22)27(5,6)7;1-25(2,3)20-13-10-14-22(17-20)27-24-16-15-21(26(4,5)6)18-23(24)19-11-8-7-9-12-19;;;/h14-35H,1-13H3;8-17H,1-7H3;7-18,27H,1-6H3;;;/q;;;+1;;-1. The van der Waals surface area contributed by atoms with Crippen LogP contribution in [0.1, 0.15) is 223 Å². The maximum Gasteiger partial charge on any atom is 1.00 e. The Hall–Kier alpha value is -6.55. The van der Waals surface area contributed by atoms with Crippen LogP contribution in [0.15, 0.2) is 267 Å². The number of benzene rings is 12. The molecule has 0 unspecified atom stereocenters. The number of anilines is 11. The summed E-state index contributed by atoms with van der Waals surface area (Å²) in [6.45, 7) is 58.3. The molecule has 12 aromatic rings. The molecule has 0 aliphatic rings. The first-order valence-electron chi connectivity index (χ1n) is 40.1. The molecule has 0 heterocycles. The van der Waals surface area contributed by atoms with Gasteiger partial charge in [0, 0.05) is 83.6 Å². The van der Waals surface area contributed by atoms with E-state index in [2.05, 4.69) is 454 Å². The summed E-state index contributed by atoms with van der Waals surface area (Å²) in [5.74, 6) is 0. The van der Waals surface area contributed by atoms with Crippen LogP contribution in [-0.4, -0.2) is 0 Å². The molecule has 0 bridgehead atoms. The molecule has 0 aromatic heterocycles. The normalized spacial score (nSPS) is 12.1. The SMILES string of the molecule is CC(C)(C)c1cccc(Nc2ccc(C(C)(C)C)cc2-c2ccccc2)c1.Cc1cc(Cl)c(Cl)c(N(c2ccc(C(C)(C)C)cc2)c2ccc(C(C)(C)C)cc2)c1.Cc1cc(N(c2ccc(C(C)(C)C)cc2)c2ccc(C(C)(C)C)cc2)c(Cl)c(N(c2cccc(C(C)(C)C)c2)c2ccc(C(C)(C)C)cc2-c2ccccc2)c1.[H-].[K+].[Y]. The summed E-state index contributed by atoms with van der Waals surface area (Å²) in [6.07, 6.45) is 0. The monoisotopic (exact) mass is 1690 g/mol. The van der Waals surface area contributed by atoms with Crippen LogP contribution < -0.4 is 71.4 Å². The van der Waals surface area contributed by atoms with Crippen molar-refractivity contribution in [2.24, 2.45) is 0 Å². The molecule has 0 saturated heterocycles. The summed E-state index contributed by atoms with van der Waals surface area (Å²) in [5.41, 5.74) is 29.2. The maximum atomic E-state index is 7.93. The molecule has 1 N–H and O–H groups in total. The van der Waals surface area contributed by atoms with Crippen LogP contribution >= 0.6 is 34.8 Å². The zero-order chi connectivity index (χ0) is 82.7. The van der Waals surface area contributed by atoms with Crippen molar-refractivity contribution in [1.29, 1.82) is 0 Å². The Morgan fingerprint density at radius 3 is 0.939 bits per heavy atom. The molecule has 0 aliphatic carbocycles. The molecule has 9 heteroatoms. The Morgan fingerprint density at radius 1 is 0.252 bits per heavy atom. The van der Waals surface area contributed by atoms with Gasteiger partial charge in [0.2, 0.25) is 0 Å². The minimum atomic E-state index is -0.0448. The van der Waals surface area contributed by atoms with Crippen molar-refractivity contribution >= 4 is 97.4 Å². The van der Waals surface area contributed by atoms with Crippen LogP contribution in [0.5, 0.6) is 0 Å². The van der Waals surface area contributed by atoms with Gasteiger partial charge in [-0.3, -0.25) is 0 Å². The Kier molecular flexibility index (Phi) is 30.9. The molecular formula is C106H124Cl3KN4Y. The van der Waals surface area contributed by atoms with E-state index in [4.69, 9.17) is 34.8 Å². The van der Waals surface area contributed by atoms with Crippen LogP contribution in [0.4, 0.5) is 62.6 Å². The van der Waals surface area contributed by atoms with Gasteiger partial charge in [-0.15, -0.1) is 0 Å². The van der Waals surface area contributed by atoms with Gasteiger partial charge in [0.25, 0.3) is 0 Å². The average molecular weight is 1690 g/mol. The van der Waals surface area contributed by atoms with Crippen molar-refractivity contribution in [3.05, 3.63) is 338 Å². The molecule has 4 nitrogen and oxygen atoms in total. The largest absolute Gasteiger partial charge is 1.00 e. The second kappa shape index (κ2) is 37.8. The number of hydrogen-bond donors (Lipinski definition) is 1. The molecule has 0 fully saturated rings. The first-order chi connectivity index (χ1) is 52.6. The van der Waals surface area contributed by atoms with Crippen molar-refractivity contribution in [2.75, 3.05) is 20.0 Å². The van der Waals surface area contributed by atoms with E-state index in [0.717, 1.165) is 84.8 Å². The van der Waals surface area contributed by atoms with E-state index < -0.39 is 0 Å². The van der Waals surface area contributed by atoms with Gasteiger partial charge in [-0.25, -0.2) is 0 Å². The fourth-order valence-corrected chi connectivity index (χ4v) is 14.7. The molecule has 0 spiro atoms. The van der Waals surface area contributed by atoms with E-state index in [1.54, 1.807) is 0 Å². The molecule has 1 radical (unpaired) electrons. The van der Waals surface area contributed by atoms with Crippen molar-refractivity contribution in [3.8, 4) is 22.3 Å². The number of aryl methyl sites for hydroxylation is 2. The summed E-state index contributed by atoms with van der Waals surface area (Å²) < 4.78 is 0. The molecule has 0 amide bonds. The van der Waals surface area contributed by atoms with E-state index in [1.807, 2.05) is 13.0 Å². The van der Waals surface area contributed by atoms with E-state index in [-0.39, 0.29) is 129 Å². The predicted molar refractivity (Wildman–Crippen MR) is 499 cm³/mol. The predicted octanol–water partition coefficient (Wildman–Crippen LogP) is 30.6. The summed E-state index contributed by atoms with van der Waals surface area (Å²) in [5, 5.41) is 5.46. The Bertz CT molecular complexity index is 5120. The topological polar surface area (TPSA) is 21.8 Å². The Morgan fingerprint density at radius 2 is 0.557 bits per heavy atom. The molecule has 115 heavy (non-hydrogen) atoms. The fraction of sp³-hybridized carbons (Fsp3) is 0.321. The van der Waals surface area contributed by atoms with Gasteiger partial charge in [0.1, 0.15) is 0 Å². The van der Waals surface area contributed by atoms with E-state index in [1.165, 1.54) is 55.6 Å². The zero-order valence-electron chi connectivity index (χ0n) is 75.0. The van der Waals surface area contributed by atoms with Gasteiger partial charge in [0.15, 0.2) is 0 Å².